The molecule has 0 radical (unpaired) electrons. The van der Waals surface area contributed by atoms with Crippen LogP contribution in [0, 0.1) is 11.8 Å². The van der Waals surface area contributed by atoms with E-state index in [0.29, 0.717) is 24.2 Å². The highest BCUT2D eigenvalue weighted by atomic mass is 32.2. The van der Waals surface area contributed by atoms with E-state index < -0.39 is 10.0 Å². The Morgan fingerprint density at radius 1 is 1.37 bits per heavy atom. The van der Waals surface area contributed by atoms with Crippen LogP contribution in [0.25, 0.3) is 0 Å². The third-order valence-corrected chi connectivity index (χ3v) is 5.29. The Labute approximate surface area is 114 Å². The van der Waals surface area contributed by atoms with Crippen LogP contribution in [-0.2, 0) is 10.0 Å². The Morgan fingerprint density at radius 3 is 2.68 bits per heavy atom. The van der Waals surface area contributed by atoms with E-state index in [0.717, 1.165) is 6.42 Å². The topological polar surface area (TPSA) is 71.1 Å². The molecule has 1 aliphatic rings. The minimum atomic E-state index is -3.44. The Kier molecular flexibility index (Phi) is 4.42. The number of hydrogen-bond donors (Lipinski definition) is 2. The highest BCUT2D eigenvalue weighted by molar-refractivity contribution is 7.89. The second-order valence-corrected chi connectivity index (χ2v) is 6.92. The zero-order chi connectivity index (χ0) is 13.9. The minimum Gasteiger partial charge on any atom is -0.373 e. The molecule has 2 unspecified atom stereocenters. The summed E-state index contributed by atoms with van der Waals surface area (Å²) in [5.41, 5.74) is 0. The summed E-state index contributed by atoms with van der Waals surface area (Å²) in [5, 5.41) is 2.86. The first-order chi connectivity index (χ1) is 9.03. The average molecular weight is 283 g/mol. The van der Waals surface area contributed by atoms with Gasteiger partial charge in [0.2, 0.25) is 10.0 Å². The summed E-state index contributed by atoms with van der Waals surface area (Å²) >= 11 is 0. The number of aromatic nitrogens is 1. The van der Waals surface area contributed by atoms with Gasteiger partial charge in [0.25, 0.3) is 0 Å². The van der Waals surface area contributed by atoms with E-state index in [9.17, 15) is 8.42 Å². The summed E-state index contributed by atoms with van der Waals surface area (Å²) in [5.74, 6) is 1.72. The molecule has 1 heterocycles. The fourth-order valence-electron chi connectivity index (χ4n) is 2.51. The summed E-state index contributed by atoms with van der Waals surface area (Å²) in [6, 6.07) is 3.23. The maximum atomic E-state index is 12.1. The zero-order valence-corrected chi connectivity index (χ0v) is 12.2. The van der Waals surface area contributed by atoms with Crippen LogP contribution in [0.15, 0.2) is 23.2 Å². The van der Waals surface area contributed by atoms with Crippen molar-refractivity contribution in [2.45, 2.75) is 31.1 Å². The molecule has 0 bridgehead atoms. The smallest absolute Gasteiger partial charge is 0.242 e. The van der Waals surface area contributed by atoms with E-state index in [2.05, 4.69) is 21.9 Å². The molecule has 1 saturated carbocycles. The van der Waals surface area contributed by atoms with Crippen LogP contribution in [-0.4, -0.2) is 27.0 Å². The van der Waals surface area contributed by atoms with Gasteiger partial charge in [-0.3, -0.25) is 0 Å². The van der Waals surface area contributed by atoms with Crippen molar-refractivity contribution in [1.29, 1.82) is 0 Å². The van der Waals surface area contributed by atoms with Crippen LogP contribution >= 0.6 is 0 Å². The summed E-state index contributed by atoms with van der Waals surface area (Å²) in [7, 11) is -1.69. The lowest BCUT2D eigenvalue weighted by molar-refractivity contribution is 0.414. The molecule has 1 fully saturated rings. The lowest BCUT2D eigenvalue weighted by Gasteiger charge is -2.16. The van der Waals surface area contributed by atoms with Gasteiger partial charge in [0.15, 0.2) is 0 Å². The van der Waals surface area contributed by atoms with E-state index in [1.54, 1.807) is 19.2 Å². The SMILES string of the molecule is CNc1ccc(S(=O)(=O)NCC2CCCC2C)cn1. The molecule has 6 heteroatoms. The second kappa shape index (κ2) is 5.88. The van der Waals surface area contributed by atoms with Crippen LogP contribution in [0.2, 0.25) is 0 Å². The minimum absolute atomic E-state index is 0.220. The van der Waals surface area contributed by atoms with Crippen LogP contribution in [0.1, 0.15) is 26.2 Å². The third kappa shape index (κ3) is 3.45. The molecule has 19 heavy (non-hydrogen) atoms. The van der Waals surface area contributed by atoms with Gasteiger partial charge < -0.3 is 5.32 Å². The van der Waals surface area contributed by atoms with Crippen molar-refractivity contribution < 1.29 is 8.42 Å². The van der Waals surface area contributed by atoms with E-state index in [-0.39, 0.29) is 4.90 Å². The molecule has 1 aromatic heterocycles. The molecule has 106 valence electrons. The van der Waals surface area contributed by atoms with Gasteiger partial charge in [-0.15, -0.1) is 0 Å². The number of pyridine rings is 1. The van der Waals surface area contributed by atoms with E-state index >= 15 is 0 Å². The molecule has 2 atom stereocenters. The summed E-state index contributed by atoms with van der Waals surface area (Å²) in [6.07, 6.45) is 4.89. The molecule has 1 aromatic rings. The first-order valence-corrected chi connectivity index (χ1v) is 8.14. The predicted molar refractivity (Wildman–Crippen MR) is 75.5 cm³/mol. The molecular weight excluding hydrogens is 262 g/mol. The van der Waals surface area contributed by atoms with Crippen molar-refractivity contribution >= 4 is 15.8 Å². The summed E-state index contributed by atoms with van der Waals surface area (Å²) < 4.78 is 26.9. The molecule has 5 nitrogen and oxygen atoms in total. The standard InChI is InChI=1S/C13H21N3O2S/c1-10-4-3-5-11(10)8-16-19(17,18)12-6-7-13(14-2)15-9-12/h6-7,9-11,16H,3-5,8H2,1-2H3,(H,14,15). The van der Waals surface area contributed by atoms with Gasteiger partial charge in [0.05, 0.1) is 0 Å². The molecule has 0 spiro atoms. The first kappa shape index (κ1) is 14.3. The number of hydrogen-bond acceptors (Lipinski definition) is 4. The third-order valence-electron chi connectivity index (χ3n) is 3.88. The Balaban J connectivity index is 2.01. The predicted octanol–water partition coefficient (Wildman–Crippen LogP) is 1.84. The van der Waals surface area contributed by atoms with Gasteiger partial charge in [0.1, 0.15) is 10.7 Å². The normalized spacial score (nSPS) is 23.5. The fourth-order valence-corrected chi connectivity index (χ4v) is 3.55. The monoisotopic (exact) mass is 283 g/mol. The maximum Gasteiger partial charge on any atom is 0.242 e. The van der Waals surface area contributed by atoms with Crippen molar-refractivity contribution in [1.82, 2.24) is 9.71 Å². The molecule has 0 amide bonds. The molecule has 0 aromatic carbocycles. The largest absolute Gasteiger partial charge is 0.373 e. The maximum absolute atomic E-state index is 12.1. The van der Waals surface area contributed by atoms with Gasteiger partial charge in [-0.05, 0) is 30.4 Å². The quantitative estimate of drug-likeness (QED) is 0.865. The highest BCUT2D eigenvalue weighted by Crippen LogP contribution is 2.30. The van der Waals surface area contributed by atoms with Crippen molar-refractivity contribution in [3.63, 3.8) is 0 Å². The number of nitrogens with one attached hydrogen (secondary N) is 2. The fraction of sp³-hybridized carbons (Fsp3) is 0.615. The van der Waals surface area contributed by atoms with Crippen LogP contribution in [0.4, 0.5) is 5.82 Å². The van der Waals surface area contributed by atoms with E-state index in [1.807, 2.05) is 0 Å². The van der Waals surface area contributed by atoms with Crippen molar-refractivity contribution in [2.24, 2.45) is 11.8 Å². The van der Waals surface area contributed by atoms with E-state index in [1.165, 1.54) is 19.0 Å². The zero-order valence-electron chi connectivity index (χ0n) is 11.4. The second-order valence-electron chi connectivity index (χ2n) is 5.15. The van der Waals surface area contributed by atoms with Crippen LogP contribution in [0.3, 0.4) is 0 Å². The highest BCUT2D eigenvalue weighted by Gasteiger charge is 2.25. The number of nitrogens with zero attached hydrogens (tertiary/aromatic N) is 1. The van der Waals surface area contributed by atoms with Gasteiger partial charge in [0, 0.05) is 19.8 Å². The number of rotatable bonds is 5. The summed E-state index contributed by atoms with van der Waals surface area (Å²) in [4.78, 5) is 4.25. The summed E-state index contributed by atoms with van der Waals surface area (Å²) in [6.45, 7) is 2.71. The molecule has 0 aliphatic heterocycles. The van der Waals surface area contributed by atoms with Gasteiger partial charge >= 0.3 is 0 Å². The van der Waals surface area contributed by atoms with Crippen molar-refractivity contribution in [3.05, 3.63) is 18.3 Å². The lowest BCUT2D eigenvalue weighted by Crippen LogP contribution is -2.30. The molecule has 2 N–H and O–H groups in total. The lowest BCUT2D eigenvalue weighted by atomic mass is 9.99. The number of anilines is 1. The first-order valence-electron chi connectivity index (χ1n) is 6.66. The molecular formula is C13H21N3O2S. The molecule has 0 saturated heterocycles. The molecule has 2 rings (SSSR count). The van der Waals surface area contributed by atoms with Crippen LogP contribution in [0.5, 0.6) is 0 Å². The number of sulfonamides is 1. The Bertz CT molecular complexity index is 513. The average Bonchev–Trinajstić information content (AvgIpc) is 2.82. The van der Waals surface area contributed by atoms with Gasteiger partial charge in [-0.25, -0.2) is 18.1 Å². The van der Waals surface area contributed by atoms with Crippen molar-refractivity contribution in [2.75, 3.05) is 18.9 Å². The Hall–Kier alpha value is -1.14. The van der Waals surface area contributed by atoms with Crippen LogP contribution < -0.4 is 10.0 Å². The van der Waals surface area contributed by atoms with E-state index in [4.69, 9.17) is 0 Å². The Morgan fingerprint density at radius 2 is 2.16 bits per heavy atom. The molecule has 1 aliphatic carbocycles. The van der Waals surface area contributed by atoms with Gasteiger partial charge in [-0.1, -0.05) is 19.8 Å². The van der Waals surface area contributed by atoms with Crippen molar-refractivity contribution in [3.8, 4) is 0 Å². The van der Waals surface area contributed by atoms with Gasteiger partial charge in [-0.2, -0.15) is 0 Å².